The lowest BCUT2D eigenvalue weighted by molar-refractivity contribution is -0.134. The number of rotatable bonds is 5. The highest BCUT2D eigenvalue weighted by atomic mass is 32.2. The van der Waals surface area contributed by atoms with Gasteiger partial charge in [-0.2, -0.15) is 10.4 Å². The van der Waals surface area contributed by atoms with Gasteiger partial charge in [-0.3, -0.25) is 0 Å². The Hall–Kier alpha value is -2.93. The van der Waals surface area contributed by atoms with Crippen molar-refractivity contribution >= 4 is 56.7 Å². The van der Waals surface area contributed by atoms with E-state index < -0.39 is 5.97 Å². The molecule has 29 heavy (non-hydrogen) atoms. The first-order valence-corrected chi connectivity index (χ1v) is 11.2. The minimum absolute atomic E-state index is 0.188. The molecule has 0 spiro atoms. The Kier molecular flexibility index (Phi) is 5.76. The first kappa shape index (κ1) is 19.4. The van der Waals surface area contributed by atoms with E-state index >= 15 is 0 Å². The zero-order valence-electron chi connectivity index (χ0n) is 15.2. The highest BCUT2D eigenvalue weighted by molar-refractivity contribution is 8.19. The summed E-state index contributed by atoms with van der Waals surface area (Å²) in [6.07, 6.45) is 0. The second-order valence-electron chi connectivity index (χ2n) is 5.68. The number of anilines is 1. The summed E-state index contributed by atoms with van der Waals surface area (Å²) in [4.78, 5) is 17.9. The molecule has 144 valence electrons. The van der Waals surface area contributed by atoms with E-state index in [9.17, 15) is 10.1 Å². The largest absolute Gasteiger partial charge is 0.461 e. The predicted octanol–water partition coefficient (Wildman–Crippen LogP) is 5.19. The van der Waals surface area contributed by atoms with Gasteiger partial charge in [-0.1, -0.05) is 24.3 Å². The fourth-order valence-corrected chi connectivity index (χ4v) is 5.15. The number of nitriles is 1. The molecule has 0 saturated carbocycles. The third-order valence-electron chi connectivity index (χ3n) is 3.84. The highest BCUT2D eigenvalue weighted by Crippen LogP contribution is 2.41. The summed E-state index contributed by atoms with van der Waals surface area (Å²) >= 11 is 4.11. The number of thiazole rings is 1. The van der Waals surface area contributed by atoms with Crippen LogP contribution in [0.3, 0.4) is 0 Å². The SMILES string of the molecule is CCOC(=O)C1=NN(c2ccccc2)/C(=C(/C#N)c2nc(-c3cccs3)cs2)S1. The second-order valence-corrected chi connectivity index (χ2v) is 8.47. The minimum Gasteiger partial charge on any atom is -0.461 e. The van der Waals surface area contributed by atoms with E-state index in [0.717, 1.165) is 28.0 Å². The number of thioether (sulfide) groups is 1. The standard InChI is InChI=1S/C20H14N4O2S3/c1-2-26-20(25)18-23-24(13-7-4-3-5-8-13)19(29-18)14(11-21)17-22-15(12-28-17)16-9-6-10-27-16/h3-10,12H,2H2,1H3/b19-14+. The van der Waals surface area contributed by atoms with E-state index in [1.165, 1.54) is 11.3 Å². The first-order valence-electron chi connectivity index (χ1n) is 8.64. The predicted molar refractivity (Wildman–Crippen MR) is 119 cm³/mol. The number of para-hydroxylation sites is 1. The quantitative estimate of drug-likeness (QED) is 0.403. The van der Waals surface area contributed by atoms with Gasteiger partial charge in [0.2, 0.25) is 5.04 Å². The van der Waals surface area contributed by atoms with Gasteiger partial charge in [0.15, 0.2) is 0 Å². The van der Waals surface area contributed by atoms with Gasteiger partial charge < -0.3 is 4.74 Å². The number of allylic oxidation sites excluding steroid dienone is 1. The molecule has 2 aromatic heterocycles. The van der Waals surface area contributed by atoms with Crippen LogP contribution in [0.2, 0.25) is 0 Å². The lowest BCUT2D eigenvalue weighted by Crippen LogP contribution is -2.13. The third kappa shape index (κ3) is 3.96. The Morgan fingerprint density at radius 3 is 2.72 bits per heavy atom. The number of hydrazone groups is 1. The molecular weight excluding hydrogens is 424 g/mol. The molecular formula is C20H14N4O2S3. The van der Waals surface area contributed by atoms with Crippen LogP contribution >= 0.6 is 34.4 Å². The number of thiophene rings is 1. The molecule has 3 aromatic rings. The van der Waals surface area contributed by atoms with Crippen molar-refractivity contribution in [3.63, 3.8) is 0 Å². The number of esters is 1. The monoisotopic (exact) mass is 438 g/mol. The Balaban J connectivity index is 1.78. The lowest BCUT2D eigenvalue weighted by Gasteiger charge is -2.16. The molecule has 0 bridgehead atoms. The summed E-state index contributed by atoms with van der Waals surface area (Å²) < 4.78 is 5.10. The smallest absolute Gasteiger partial charge is 0.365 e. The van der Waals surface area contributed by atoms with Crippen molar-refractivity contribution < 1.29 is 9.53 Å². The van der Waals surface area contributed by atoms with Crippen molar-refractivity contribution in [2.45, 2.75) is 6.92 Å². The van der Waals surface area contributed by atoms with Gasteiger partial charge in [-0.15, -0.1) is 22.7 Å². The zero-order chi connectivity index (χ0) is 20.2. The van der Waals surface area contributed by atoms with Crippen LogP contribution in [0.5, 0.6) is 0 Å². The Morgan fingerprint density at radius 1 is 1.21 bits per heavy atom. The summed E-state index contributed by atoms with van der Waals surface area (Å²) in [5.41, 5.74) is 1.95. The maximum atomic E-state index is 12.3. The van der Waals surface area contributed by atoms with Crippen molar-refractivity contribution in [3.05, 3.63) is 63.3 Å². The van der Waals surface area contributed by atoms with Crippen molar-refractivity contribution in [3.8, 4) is 16.6 Å². The summed E-state index contributed by atoms with van der Waals surface area (Å²) in [7, 11) is 0. The number of benzene rings is 1. The molecule has 1 aromatic carbocycles. The van der Waals surface area contributed by atoms with E-state index in [0.29, 0.717) is 15.6 Å². The van der Waals surface area contributed by atoms with Gasteiger partial charge in [0, 0.05) is 5.38 Å². The highest BCUT2D eigenvalue weighted by Gasteiger charge is 2.32. The van der Waals surface area contributed by atoms with Gasteiger partial charge in [0.25, 0.3) is 0 Å². The molecule has 0 atom stereocenters. The number of nitrogens with zero attached hydrogens (tertiary/aromatic N) is 4. The van der Waals surface area contributed by atoms with Crippen LogP contribution in [-0.2, 0) is 9.53 Å². The first-order chi connectivity index (χ1) is 14.2. The van der Waals surface area contributed by atoms with Gasteiger partial charge in [-0.05, 0) is 42.3 Å². The van der Waals surface area contributed by atoms with Crippen LogP contribution in [-0.4, -0.2) is 22.6 Å². The molecule has 9 heteroatoms. The Labute approximate surface area is 179 Å². The minimum atomic E-state index is -0.510. The summed E-state index contributed by atoms with van der Waals surface area (Å²) in [5.74, 6) is -0.510. The fraction of sp³-hybridized carbons (Fsp3) is 0.100. The maximum absolute atomic E-state index is 12.3. The molecule has 4 rings (SSSR count). The molecule has 0 N–H and O–H groups in total. The Bertz CT molecular complexity index is 1130. The average molecular weight is 439 g/mol. The van der Waals surface area contributed by atoms with Gasteiger partial charge in [-0.25, -0.2) is 14.8 Å². The Morgan fingerprint density at radius 2 is 2.03 bits per heavy atom. The molecule has 0 aliphatic carbocycles. The molecule has 0 radical (unpaired) electrons. The fourth-order valence-electron chi connectivity index (χ4n) is 2.58. The van der Waals surface area contributed by atoms with E-state index in [1.54, 1.807) is 23.3 Å². The zero-order valence-corrected chi connectivity index (χ0v) is 17.7. The molecule has 6 nitrogen and oxygen atoms in total. The van der Waals surface area contributed by atoms with Gasteiger partial charge in [0.1, 0.15) is 21.7 Å². The van der Waals surface area contributed by atoms with E-state index in [-0.39, 0.29) is 11.7 Å². The van der Waals surface area contributed by atoms with Crippen LogP contribution in [0.4, 0.5) is 5.69 Å². The van der Waals surface area contributed by atoms with Crippen molar-refractivity contribution in [1.82, 2.24) is 4.98 Å². The molecule has 1 aliphatic rings. The maximum Gasteiger partial charge on any atom is 0.365 e. The normalized spacial score (nSPS) is 15.0. The number of hydrogen-bond acceptors (Lipinski definition) is 9. The van der Waals surface area contributed by atoms with Crippen molar-refractivity contribution in [2.24, 2.45) is 5.10 Å². The van der Waals surface area contributed by atoms with Crippen LogP contribution < -0.4 is 5.01 Å². The van der Waals surface area contributed by atoms with Crippen molar-refractivity contribution in [1.29, 1.82) is 5.26 Å². The topological polar surface area (TPSA) is 78.6 Å². The van der Waals surface area contributed by atoms with E-state index in [2.05, 4.69) is 16.2 Å². The summed E-state index contributed by atoms with van der Waals surface area (Å²) in [6.45, 7) is 2.00. The summed E-state index contributed by atoms with van der Waals surface area (Å²) in [6, 6.07) is 15.6. The second kappa shape index (κ2) is 8.61. The molecule has 1 aliphatic heterocycles. The van der Waals surface area contributed by atoms with Crippen LogP contribution in [0.1, 0.15) is 11.9 Å². The van der Waals surface area contributed by atoms with Crippen molar-refractivity contribution in [2.75, 3.05) is 11.6 Å². The molecule has 0 amide bonds. The van der Waals surface area contributed by atoms with Crippen LogP contribution in [0.15, 0.2) is 63.4 Å². The molecule has 3 heterocycles. The number of aromatic nitrogens is 1. The van der Waals surface area contributed by atoms with Gasteiger partial charge in [0.05, 0.1) is 22.9 Å². The van der Waals surface area contributed by atoms with E-state index in [4.69, 9.17) is 4.74 Å². The van der Waals surface area contributed by atoms with Gasteiger partial charge >= 0.3 is 5.97 Å². The van der Waals surface area contributed by atoms with Crippen LogP contribution in [0.25, 0.3) is 16.1 Å². The lowest BCUT2D eigenvalue weighted by atomic mass is 10.3. The number of ether oxygens (including phenoxy) is 1. The molecule has 0 fully saturated rings. The summed E-state index contributed by atoms with van der Waals surface area (Å²) in [5, 5.41) is 21.2. The molecule has 0 unspecified atom stereocenters. The van der Waals surface area contributed by atoms with E-state index in [1.807, 2.05) is 53.2 Å². The third-order valence-corrected chi connectivity index (χ3v) is 6.61. The molecule has 0 saturated heterocycles. The number of carbonyl (C=O) groups excluding carboxylic acids is 1. The number of hydrogen-bond donors (Lipinski definition) is 0. The van der Waals surface area contributed by atoms with Crippen LogP contribution in [0, 0.1) is 11.3 Å². The average Bonchev–Trinajstić information content (AvgIpc) is 3.50. The number of carbonyl (C=O) groups is 1.